The number of benzene rings is 2. The molecule has 0 amide bonds. The van der Waals surface area contributed by atoms with Crippen LogP contribution in [0.15, 0.2) is 48.6 Å². The Kier molecular flexibility index (Phi) is 18.6. The molecule has 0 saturated heterocycles. The van der Waals surface area contributed by atoms with E-state index in [2.05, 4.69) is 102 Å². The molecule has 0 bridgehead atoms. The molecule has 4 rings (SSSR count). The Balaban J connectivity index is 0.000000620. The van der Waals surface area contributed by atoms with Crippen molar-refractivity contribution < 1.29 is 0 Å². The molecular weight excluding hydrogens is 434 g/mol. The van der Waals surface area contributed by atoms with Crippen molar-refractivity contribution in [2.45, 2.75) is 121 Å². The third-order valence-electron chi connectivity index (χ3n) is 6.76. The van der Waals surface area contributed by atoms with Crippen molar-refractivity contribution in [1.82, 2.24) is 0 Å². The average Bonchev–Trinajstić information content (AvgIpc) is 2.93. The summed E-state index contributed by atoms with van der Waals surface area (Å²) < 4.78 is 0. The summed E-state index contributed by atoms with van der Waals surface area (Å²) in [5, 5.41) is 0. The third-order valence-corrected chi connectivity index (χ3v) is 6.76. The van der Waals surface area contributed by atoms with Gasteiger partial charge >= 0.3 is 0 Å². The second-order valence-corrected chi connectivity index (χ2v) is 9.50. The quantitative estimate of drug-likeness (QED) is 0.377. The summed E-state index contributed by atoms with van der Waals surface area (Å²) in [6, 6.07) is 9.07. The number of nitrogens with zero attached hydrogens (tertiary/aromatic N) is 1. The summed E-state index contributed by atoms with van der Waals surface area (Å²) in [5.41, 5.74) is 10.7. The van der Waals surface area contributed by atoms with E-state index in [0.29, 0.717) is 0 Å². The number of rotatable bonds is 2. The molecule has 0 radical (unpaired) electrons. The lowest BCUT2D eigenvalue weighted by Gasteiger charge is -2.25. The van der Waals surface area contributed by atoms with Crippen LogP contribution in [0.25, 0.3) is 0 Å². The molecule has 36 heavy (non-hydrogen) atoms. The molecule has 2 aliphatic rings. The minimum absolute atomic E-state index is 1.26. The van der Waals surface area contributed by atoms with Crippen molar-refractivity contribution in [3.8, 4) is 0 Å². The van der Waals surface area contributed by atoms with Gasteiger partial charge in [0.05, 0.1) is 0 Å². The first kappa shape index (κ1) is 33.7. The van der Waals surface area contributed by atoms with Crippen LogP contribution in [0.1, 0.15) is 112 Å². The SMILES string of the molecule is C1=CCCCC1.C1=CCCCC1.CC.CC.Cc1cc(C)c(C)c(N(C)c2cc(C)c(C)c(C)c2)c1. The van der Waals surface area contributed by atoms with E-state index in [1.54, 1.807) is 0 Å². The Hall–Kier alpha value is -2.28. The first-order valence-corrected chi connectivity index (χ1v) is 14.5. The Bertz CT molecular complexity index is 859. The zero-order chi connectivity index (χ0) is 27.5. The van der Waals surface area contributed by atoms with Crippen LogP contribution in [0.2, 0.25) is 0 Å². The van der Waals surface area contributed by atoms with Gasteiger partial charge in [0.25, 0.3) is 0 Å². The maximum atomic E-state index is 2.30. The van der Waals surface area contributed by atoms with Crippen molar-refractivity contribution in [3.05, 3.63) is 82.0 Å². The number of allylic oxidation sites excluding steroid dienone is 4. The van der Waals surface area contributed by atoms with E-state index in [4.69, 9.17) is 0 Å². The van der Waals surface area contributed by atoms with Gasteiger partial charge in [-0.15, -0.1) is 0 Å². The molecule has 2 aliphatic carbocycles. The van der Waals surface area contributed by atoms with Gasteiger partial charge in [0.1, 0.15) is 0 Å². The normalized spacial score (nSPS) is 13.4. The zero-order valence-electron chi connectivity index (χ0n) is 25.7. The maximum Gasteiger partial charge on any atom is 0.0443 e. The van der Waals surface area contributed by atoms with E-state index in [0.717, 1.165) is 0 Å². The van der Waals surface area contributed by atoms with Crippen LogP contribution >= 0.6 is 0 Å². The zero-order valence-corrected chi connectivity index (χ0v) is 25.7. The molecule has 2 aromatic rings. The fraction of sp³-hybridized carbons (Fsp3) is 0.543. The van der Waals surface area contributed by atoms with E-state index >= 15 is 0 Å². The van der Waals surface area contributed by atoms with Gasteiger partial charge in [0.2, 0.25) is 0 Å². The van der Waals surface area contributed by atoms with E-state index in [1.165, 1.54) is 96.1 Å². The van der Waals surface area contributed by atoms with E-state index in [-0.39, 0.29) is 0 Å². The molecule has 0 saturated carbocycles. The summed E-state index contributed by atoms with van der Waals surface area (Å²) in [7, 11) is 2.16. The van der Waals surface area contributed by atoms with Crippen molar-refractivity contribution in [2.75, 3.05) is 11.9 Å². The van der Waals surface area contributed by atoms with Crippen LogP contribution in [0.3, 0.4) is 0 Å². The van der Waals surface area contributed by atoms with Crippen LogP contribution < -0.4 is 4.90 Å². The second kappa shape index (κ2) is 19.9. The first-order chi connectivity index (χ1) is 17.3. The van der Waals surface area contributed by atoms with Gasteiger partial charge < -0.3 is 4.90 Å². The predicted molar refractivity (Wildman–Crippen MR) is 167 cm³/mol. The molecule has 0 aliphatic heterocycles. The monoisotopic (exact) mass is 491 g/mol. The predicted octanol–water partition coefficient (Wildman–Crippen LogP) is 11.6. The third kappa shape index (κ3) is 12.1. The van der Waals surface area contributed by atoms with Gasteiger partial charge in [-0.3, -0.25) is 0 Å². The molecule has 0 N–H and O–H groups in total. The van der Waals surface area contributed by atoms with E-state index in [1.807, 2.05) is 27.7 Å². The van der Waals surface area contributed by atoms with Gasteiger partial charge in [-0.25, -0.2) is 0 Å². The standard InChI is InChI=1S/C19H25N.2C6H10.2C2H6/c1-12-8-13(2)17(6)19(9-12)20(7)18-10-14(3)16(5)15(4)11-18;2*1-2-4-6-5-3-1;2*1-2/h8-11H,1-7H3;2*1-2H,3-6H2;2*1-2H3. The lowest BCUT2D eigenvalue weighted by atomic mass is 10.0. The van der Waals surface area contributed by atoms with Gasteiger partial charge in [0, 0.05) is 18.4 Å². The van der Waals surface area contributed by atoms with Crippen LogP contribution in [-0.4, -0.2) is 7.05 Å². The second-order valence-electron chi connectivity index (χ2n) is 9.50. The Labute approximate surface area is 225 Å². The minimum atomic E-state index is 1.26. The smallest absolute Gasteiger partial charge is 0.0443 e. The molecule has 0 atom stereocenters. The molecule has 202 valence electrons. The fourth-order valence-corrected chi connectivity index (χ4v) is 4.23. The van der Waals surface area contributed by atoms with Gasteiger partial charge in [0.15, 0.2) is 0 Å². The average molecular weight is 492 g/mol. The molecule has 0 spiro atoms. The largest absolute Gasteiger partial charge is 0.344 e. The molecule has 1 nitrogen and oxygen atoms in total. The van der Waals surface area contributed by atoms with Crippen LogP contribution in [0, 0.1) is 41.5 Å². The molecule has 0 aromatic heterocycles. The maximum absolute atomic E-state index is 2.30. The van der Waals surface area contributed by atoms with Crippen LogP contribution in [-0.2, 0) is 0 Å². The highest BCUT2D eigenvalue weighted by atomic mass is 15.1. The van der Waals surface area contributed by atoms with Crippen molar-refractivity contribution in [1.29, 1.82) is 0 Å². The van der Waals surface area contributed by atoms with Gasteiger partial charge in [-0.05, 0) is 144 Å². The van der Waals surface area contributed by atoms with Crippen LogP contribution in [0.5, 0.6) is 0 Å². The summed E-state index contributed by atoms with van der Waals surface area (Å²) in [6.07, 6.45) is 20.0. The minimum Gasteiger partial charge on any atom is -0.344 e. The molecule has 0 unspecified atom stereocenters. The molecular formula is C35H57N. The van der Waals surface area contributed by atoms with Crippen molar-refractivity contribution >= 4 is 11.4 Å². The summed E-state index contributed by atoms with van der Waals surface area (Å²) in [6.45, 7) is 21.1. The molecule has 0 heterocycles. The number of hydrogen-bond donors (Lipinski definition) is 0. The highest BCUT2D eigenvalue weighted by molar-refractivity contribution is 5.69. The highest BCUT2D eigenvalue weighted by Gasteiger charge is 2.11. The van der Waals surface area contributed by atoms with Gasteiger partial charge in [-0.1, -0.05) is 58.1 Å². The molecule has 1 heteroatoms. The number of hydrogen-bond acceptors (Lipinski definition) is 1. The highest BCUT2D eigenvalue weighted by Crippen LogP contribution is 2.31. The Morgan fingerprint density at radius 2 is 0.861 bits per heavy atom. The van der Waals surface area contributed by atoms with E-state index in [9.17, 15) is 0 Å². The summed E-state index contributed by atoms with van der Waals surface area (Å²) in [5.74, 6) is 0. The number of aryl methyl sites for hydroxylation is 4. The topological polar surface area (TPSA) is 3.24 Å². The lowest BCUT2D eigenvalue weighted by molar-refractivity contribution is 0.730. The van der Waals surface area contributed by atoms with E-state index < -0.39 is 0 Å². The van der Waals surface area contributed by atoms with Crippen molar-refractivity contribution in [3.63, 3.8) is 0 Å². The molecule has 0 fully saturated rings. The molecule has 2 aromatic carbocycles. The van der Waals surface area contributed by atoms with Crippen molar-refractivity contribution in [2.24, 2.45) is 0 Å². The lowest BCUT2D eigenvalue weighted by Crippen LogP contribution is -2.12. The Morgan fingerprint density at radius 1 is 0.500 bits per heavy atom. The Morgan fingerprint density at radius 3 is 1.19 bits per heavy atom. The van der Waals surface area contributed by atoms with Gasteiger partial charge in [-0.2, -0.15) is 0 Å². The summed E-state index contributed by atoms with van der Waals surface area (Å²) >= 11 is 0. The summed E-state index contributed by atoms with van der Waals surface area (Å²) in [4.78, 5) is 2.30. The number of anilines is 2. The first-order valence-electron chi connectivity index (χ1n) is 14.5. The van der Waals surface area contributed by atoms with Crippen LogP contribution in [0.4, 0.5) is 11.4 Å². The fourth-order valence-electron chi connectivity index (χ4n) is 4.23.